The molecule has 2 aromatic rings. The van der Waals surface area contributed by atoms with Gasteiger partial charge in [0.15, 0.2) is 0 Å². The number of nitrogens with one attached hydrogen (secondary N) is 1. The van der Waals surface area contributed by atoms with Crippen LogP contribution in [0.3, 0.4) is 0 Å². The van der Waals surface area contributed by atoms with Crippen LogP contribution in [0.25, 0.3) is 0 Å². The van der Waals surface area contributed by atoms with Crippen LogP contribution in [0.1, 0.15) is 29.3 Å². The predicted molar refractivity (Wildman–Crippen MR) is 76.2 cm³/mol. The Hall–Kier alpha value is -1.87. The van der Waals surface area contributed by atoms with E-state index in [0.717, 1.165) is 24.2 Å². The number of aromatic nitrogens is 1. The third kappa shape index (κ3) is 2.61. The van der Waals surface area contributed by atoms with E-state index in [1.807, 2.05) is 36.4 Å². The maximum absolute atomic E-state index is 9.54. The van der Waals surface area contributed by atoms with Crippen molar-refractivity contribution in [3.05, 3.63) is 59.3 Å². The van der Waals surface area contributed by atoms with Crippen molar-refractivity contribution in [2.24, 2.45) is 0 Å². The van der Waals surface area contributed by atoms with E-state index in [2.05, 4.69) is 16.4 Å². The Kier molecular flexibility index (Phi) is 3.47. The predicted octanol–water partition coefficient (Wildman–Crippen LogP) is 2.72. The van der Waals surface area contributed by atoms with Crippen LogP contribution in [0.15, 0.2) is 42.5 Å². The molecule has 1 aliphatic carbocycles. The van der Waals surface area contributed by atoms with Crippen LogP contribution in [0.5, 0.6) is 0 Å². The summed E-state index contributed by atoms with van der Waals surface area (Å²) in [7, 11) is 0. The van der Waals surface area contributed by atoms with Gasteiger partial charge >= 0.3 is 0 Å². The van der Waals surface area contributed by atoms with Crippen molar-refractivity contribution >= 4 is 5.82 Å². The molecule has 0 radical (unpaired) electrons. The third-order valence-corrected chi connectivity index (χ3v) is 3.63. The topological polar surface area (TPSA) is 45.1 Å². The normalized spacial score (nSPS) is 15.0. The van der Waals surface area contributed by atoms with Crippen molar-refractivity contribution in [2.45, 2.75) is 25.3 Å². The lowest BCUT2D eigenvalue weighted by molar-refractivity contribution is 0.276. The SMILES string of the molecule is OCC(Nc1ccc2c(n1)CCC2)c1ccccc1. The van der Waals surface area contributed by atoms with Crippen LogP contribution in [0.4, 0.5) is 5.82 Å². The fourth-order valence-electron chi connectivity index (χ4n) is 2.60. The molecule has 0 amide bonds. The van der Waals surface area contributed by atoms with Gasteiger partial charge in [-0.3, -0.25) is 0 Å². The monoisotopic (exact) mass is 254 g/mol. The minimum absolute atomic E-state index is 0.0583. The van der Waals surface area contributed by atoms with Crippen LogP contribution in [0.2, 0.25) is 0 Å². The fourth-order valence-corrected chi connectivity index (χ4v) is 2.60. The number of pyridine rings is 1. The number of fused-ring (bicyclic) bond motifs is 1. The number of hydrogen-bond donors (Lipinski definition) is 2. The number of hydrogen-bond acceptors (Lipinski definition) is 3. The van der Waals surface area contributed by atoms with E-state index in [-0.39, 0.29) is 12.6 Å². The number of aryl methyl sites for hydroxylation is 2. The van der Waals surface area contributed by atoms with Crippen LogP contribution in [0, 0.1) is 0 Å². The number of aliphatic hydroxyl groups excluding tert-OH is 1. The minimum Gasteiger partial charge on any atom is -0.394 e. The van der Waals surface area contributed by atoms with Gasteiger partial charge in [-0.2, -0.15) is 0 Å². The molecule has 19 heavy (non-hydrogen) atoms. The van der Waals surface area contributed by atoms with E-state index in [9.17, 15) is 5.11 Å². The molecule has 1 atom stereocenters. The van der Waals surface area contributed by atoms with Gasteiger partial charge in [0.2, 0.25) is 0 Å². The van der Waals surface area contributed by atoms with Gasteiger partial charge in [-0.25, -0.2) is 4.98 Å². The Morgan fingerprint density at radius 2 is 1.95 bits per heavy atom. The number of benzene rings is 1. The largest absolute Gasteiger partial charge is 0.394 e. The zero-order valence-electron chi connectivity index (χ0n) is 10.8. The molecule has 1 aromatic heterocycles. The quantitative estimate of drug-likeness (QED) is 0.881. The first kappa shape index (κ1) is 12.2. The maximum atomic E-state index is 9.54. The van der Waals surface area contributed by atoms with E-state index in [1.165, 1.54) is 17.7 Å². The Labute approximate surface area is 113 Å². The summed E-state index contributed by atoms with van der Waals surface area (Å²) in [5.74, 6) is 0.851. The van der Waals surface area contributed by atoms with Crippen LogP contribution in [-0.4, -0.2) is 16.7 Å². The highest BCUT2D eigenvalue weighted by atomic mass is 16.3. The molecule has 0 aliphatic heterocycles. The highest BCUT2D eigenvalue weighted by molar-refractivity contribution is 5.42. The van der Waals surface area contributed by atoms with E-state index in [1.54, 1.807) is 0 Å². The van der Waals surface area contributed by atoms with Crippen molar-refractivity contribution in [3.63, 3.8) is 0 Å². The molecule has 0 bridgehead atoms. The molecule has 3 rings (SSSR count). The summed E-state index contributed by atoms with van der Waals surface area (Å²) in [4.78, 5) is 4.64. The summed E-state index contributed by atoms with van der Waals surface area (Å²) in [6, 6.07) is 14.0. The summed E-state index contributed by atoms with van der Waals surface area (Å²) < 4.78 is 0. The standard InChI is InChI=1S/C16H18N2O/c19-11-15(12-5-2-1-3-6-12)18-16-10-9-13-7-4-8-14(13)17-16/h1-3,5-6,9-10,15,19H,4,7-8,11H2,(H,17,18). The van der Waals surface area contributed by atoms with Crippen molar-refractivity contribution in [1.29, 1.82) is 0 Å². The first-order valence-electron chi connectivity index (χ1n) is 6.78. The molecular formula is C16H18N2O. The lowest BCUT2D eigenvalue weighted by Crippen LogP contribution is -2.15. The molecule has 3 nitrogen and oxygen atoms in total. The zero-order valence-corrected chi connectivity index (χ0v) is 10.8. The number of aliphatic hydroxyl groups is 1. The average Bonchev–Trinajstić information content (AvgIpc) is 2.93. The Morgan fingerprint density at radius 1 is 1.11 bits per heavy atom. The summed E-state index contributed by atoms with van der Waals surface area (Å²) in [5.41, 5.74) is 3.65. The number of nitrogens with zero attached hydrogens (tertiary/aromatic N) is 1. The van der Waals surface area contributed by atoms with Gasteiger partial charge in [-0.15, -0.1) is 0 Å². The van der Waals surface area contributed by atoms with E-state index >= 15 is 0 Å². The van der Waals surface area contributed by atoms with Crippen molar-refractivity contribution in [3.8, 4) is 0 Å². The van der Waals surface area contributed by atoms with Gasteiger partial charge in [0.05, 0.1) is 12.6 Å². The van der Waals surface area contributed by atoms with Crippen LogP contribution in [-0.2, 0) is 12.8 Å². The molecule has 0 saturated heterocycles. The molecule has 0 saturated carbocycles. The highest BCUT2D eigenvalue weighted by Gasteiger charge is 2.15. The lowest BCUT2D eigenvalue weighted by Gasteiger charge is -2.17. The summed E-state index contributed by atoms with van der Waals surface area (Å²) >= 11 is 0. The molecule has 1 aliphatic rings. The van der Waals surface area contributed by atoms with Gasteiger partial charge in [-0.05, 0) is 36.5 Å². The first-order chi connectivity index (χ1) is 9.36. The van der Waals surface area contributed by atoms with Crippen molar-refractivity contribution < 1.29 is 5.11 Å². The maximum Gasteiger partial charge on any atom is 0.126 e. The first-order valence-corrected chi connectivity index (χ1v) is 6.78. The van der Waals surface area contributed by atoms with Crippen LogP contribution < -0.4 is 5.32 Å². The summed E-state index contributed by atoms with van der Waals surface area (Å²) in [6.45, 7) is 0.0583. The Morgan fingerprint density at radius 3 is 2.74 bits per heavy atom. The van der Waals surface area contributed by atoms with Gasteiger partial charge in [-0.1, -0.05) is 36.4 Å². The molecule has 1 heterocycles. The fraction of sp³-hybridized carbons (Fsp3) is 0.312. The van der Waals surface area contributed by atoms with Gasteiger partial charge < -0.3 is 10.4 Å². The minimum atomic E-state index is -0.104. The number of anilines is 1. The van der Waals surface area contributed by atoms with E-state index < -0.39 is 0 Å². The van der Waals surface area contributed by atoms with Gasteiger partial charge in [0, 0.05) is 5.69 Å². The van der Waals surface area contributed by atoms with Gasteiger partial charge in [0.25, 0.3) is 0 Å². The highest BCUT2D eigenvalue weighted by Crippen LogP contribution is 2.24. The number of rotatable bonds is 4. The summed E-state index contributed by atoms with van der Waals surface area (Å²) in [5, 5.41) is 12.9. The average molecular weight is 254 g/mol. The van der Waals surface area contributed by atoms with E-state index in [0.29, 0.717) is 0 Å². The molecule has 0 fully saturated rings. The second-order valence-electron chi connectivity index (χ2n) is 4.95. The zero-order chi connectivity index (χ0) is 13.1. The van der Waals surface area contributed by atoms with E-state index in [4.69, 9.17) is 0 Å². The molecule has 3 heteroatoms. The third-order valence-electron chi connectivity index (χ3n) is 3.63. The Balaban J connectivity index is 1.80. The second-order valence-corrected chi connectivity index (χ2v) is 4.95. The van der Waals surface area contributed by atoms with Crippen molar-refractivity contribution in [2.75, 3.05) is 11.9 Å². The smallest absolute Gasteiger partial charge is 0.126 e. The molecule has 1 unspecified atom stereocenters. The Bertz CT molecular complexity index is 554. The molecule has 1 aromatic carbocycles. The summed E-state index contributed by atoms with van der Waals surface area (Å²) in [6.07, 6.45) is 3.42. The molecule has 0 spiro atoms. The molecule has 2 N–H and O–H groups in total. The van der Waals surface area contributed by atoms with Crippen molar-refractivity contribution in [1.82, 2.24) is 4.98 Å². The molecular weight excluding hydrogens is 236 g/mol. The van der Waals surface area contributed by atoms with Crippen LogP contribution >= 0.6 is 0 Å². The van der Waals surface area contributed by atoms with Gasteiger partial charge in [0.1, 0.15) is 5.82 Å². The lowest BCUT2D eigenvalue weighted by atomic mass is 10.1. The molecule has 98 valence electrons. The second kappa shape index (κ2) is 5.41.